The maximum absolute atomic E-state index is 5.74. The first-order valence-electron chi connectivity index (χ1n) is 5.21. The van der Waals surface area contributed by atoms with Crippen molar-refractivity contribution in [3.8, 4) is 11.3 Å². The summed E-state index contributed by atoms with van der Waals surface area (Å²) in [6.07, 6.45) is 0.823. The molecule has 84 valence electrons. The Labute approximate surface area is 103 Å². The fourth-order valence-electron chi connectivity index (χ4n) is 1.58. The van der Waals surface area contributed by atoms with Crippen LogP contribution in [0.3, 0.4) is 0 Å². The van der Waals surface area contributed by atoms with Crippen molar-refractivity contribution < 1.29 is 0 Å². The highest BCUT2D eigenvalue weighted by Gasteiger charge is 2.05. The highest BCUT2D eigenvalue weighted by atomic mass is 79.9. The molecule has 0 aliphatic carbocycles. The second kappa shape index (κ2) is 4.80. The topological polar surface area (TPSA) is 54.7 Å². The SMILES string of the molecule is CC(N)Cc1cc(-c2ccc(Br)cc2)n[nH]1. The van der Waals surface area contributed by atoms with E-state index < -0.39 is 0 Å². The number of aromatic nitrogens is 2. The van der Waals surface area contributed by atoms with Gasteiger partial charge in [-0.3, -0.25) is 5.10 Å². The Morgan fingerprint density at radius 2 is 2.06 bits per heavy atom. The number of rotatable bonds is 3. The molecule has 1 unspecified atom stereocenters. The van der Waals surface area contributed by atoms with Crippen molar-refractivity contribution in [1.82, 2.24) is 10.2 Å². The molecule has 0 bridgehead atoms. The van der Waals surface area contributed by atoms with Gasteiger partial charge >= 0.3 is 0 Å². The van der Waals surface area contributed by atoms with Crippen molar-refractivity contribution in [3.63, 3.8) is 0 Å². The standard InChI is InChI=1S/C12H14BrN3/c1-8(14)6-11-7-12(16-15-11)9-2-4-10(13)5-3-9/h2-5,7-8H,6,14H2,1H3,(H,15,16). The van der Waals surface area contributed by atoms with Crippen molar-refractivity contribution in [3.05, 3.63) is 40.5 Å². The molecule has 0 aliphatic heterocycles. The number of halogens is 1. The molecule has 4 heteroatoms. The molecule has 3 nitrogen and oxygen atoms in total. The van der Waals surface area contributed by atoms with Gasteiger partial charge in [-0.1, -0.05) is 28.1 Å². The fourth-order valence-corrected chi connectivity index (χ4v) is 1.85. The molecule has 16 heavy (non-hydrogen) atoms. The molecule has 0 radical (unpaired) electrons. The van der Waals surface area contributed by atoms with Crippen molar-refractivity contribution >= 4 is 15.9 Å². The second-order valence-corrected chi connectivity index (χ2v) is 4.88. The Morgan fingerprint density at radius 3 is 2.69 bits per heavy atom. The largest absolute Gasteiger partial charge is 0.328 e. The summed E-state index contributed by atoms with van der Waals surface area (Å²) in [7, 11) is 0. The summed E-state index contributed by atoms with van der Waals surface area (Å²) in [5.41, 5.74) is 8.88. The maximum atomic E-state index is 5.74. The number of hydrogen-bond donors (Lipinski definition) is 2. The lowest BCUT2D eigenvalue weighted by molar-refractivity contribution is 0.719. The molecule has 3 N–H and O–H groups in total. The summed E-state index contributed by atoms with van der Waals surface area (Å²) < 4.78 is 1.07. The van der Waals surface area contributed by atoms with Gasteiger partial charge in [0.15, 0.2) is 0 Å². The minimum absolute atomic E-state index is 0.151. The van der Waals surface area contributed by atoms with E-state index in [0.717, 1.165) is 27.8 Å². The lowest BCUT2D eigenvalue weighted by Gasteiger charge is -1.99. The Bertz CT molecular complexity index is 459. The number of nitrogens with one attached hydrogen (secondary N) is 1. The molecule has 0 amide bonds. The Morgan fingerprint density at radius 1 is 1.38 bits per heavy atom. The zero-order valence-electron chi connectivity index (χ0n) is 9.07. The van der Waals surface area contributed by atoms with Crippen LogP contribution in [-0.2, 0) is 6.42 Å². The molecule has 0 fully saturated rings. The van der Waals surface area contributed by atoms with Crippen LogP contribution in [0.5, 0.6) is 0 Å². The van der Waals surface area contributed by atoms with E-state index in [0.29, 0.717) is 0 Å². The van der Waals surface area contributed by atoms with E-state index in [-0.39, 0.29) is 6.04 Å². The molecule has 0 saturated carbocycles. The van der Waals surface area contributed by atoms with Crippen molar-refractivity contribution in [2.45, 2.75) is 19.4 Å². The first-order chi connectivity index (χ1) is 7.65. The Hall–Kier alpha value is -1.13. The molecule has 1 aromatic carbocycles. The normalized spacial score (nSPS) is 12.7. The average Bonchev–Trinajstić information content (AvgIpc) is 2.66. The molecule has 1 heterocycles. The highest BCUT2D eigenvalue weighted by molar-refractivity contribution is 9.10. The summed E-state index contributed by atoms with van der Waals surface area (Å²) in [5, 5.41) is 7.28. The van der Waals surface area contributed by atoms with Crippen molar-refractivity contribution in [2.24, 2.45) is 5.73 Å². The zero-order chi connectivity index (χ0) is 11.5. The molecule has 1 atom stereocenters. The van der Waals surface area contributed by atoms with E-state index in [1.807, 2.05) is 37.3 Å². The predicted octanol–water partition coefficient (Wildman–Crippen LogP) is 2.73. The summed E-state index contributed by atoms with van der Waals surface area (Å²) in [5.74, 6) is 0. The molecule has 0 aliphatic rings. The predicted molar refractivity (Wildman–Crippen MR) is 69.1 cm³/mol. The summed E-state index contributed by atoms with van der Waals surface area (Å²) in [4.78, 5) is 0. The summed E-state index contributed by atoms with van der Waals surface area (Å²) >= 11 is 3.41. The lowest BCUT2D eigenvalue weighted by Crippen LogP contribution is -2.17. The fraction of sp³-hybridized carbons (Fsp3) is 0.250. The van der Waals surface area contributed by atoms with E-state index in [4.69, 9.17) is 5.73 Å². The van der Waals surface area contributed by atoms with Gasteiger partial charge < -0.3 is 5.73 Å². The van der Waals surface area contributed by atoms with E-state index in [1.54, 1.807) is 0 Å². The van der Waals surface area contributed by atoms with Crippen LogP contribution >= 0.6 is 15.9 Å². The molecule has 0 saturated heterocycles. The Kier molecular flexibility index (Phi) is 3.41. The summed E-state index contributed by atoms with van der Waals surface area (Å²) in [6, 6.07) is 10.3. The quantitative estimate of drug-likeness (QED) is 0.908. The number of hydrogen-bond acceptors (Lipinski definition) is 2. The van der Waals surface area contributed by atoms with Gasteiger partial charge in [-0.25, -0.2) is 0 Å². The third kappa shape index (κ3) is 2.71. The zero-order valence-corrected chi connectivity index (χ0v) is 10.7. The third-order valence-electron chi connectivity index (χ3n) is 2.31. The van der Waals surface area contributed by atoms with E-state index >= 15 is 0 Å². The number of H-pyrrole nitrogens is 1. The minimum atomic E-state index is 0.151. The maximum Gasteiger partial charge on any atom is 0.0923 e. The van der Waals surface area contributed by atoms with Crippen LogP contribution in [0.25, 0.3) is 11.3 Å². The van der Waals surface area contributed by atoms with E-state index in [2.05, 4.69) is 26.1 Å². The highest BCUT2D eigenvalue weighted by Crippen LogP contribution is 2.20. The lowest BCUT2D eigenvalue weighted by atomic mass is 10.1. The van der Waals surface area contributed by atoms with Crippen LogP contribution in [0.1, 0.15) is 12.6 Å². The van der Waals surface area contributed by atoms with Gasteiger partial charge in [-0.2, -0.15) is 5.10 Å². The van der Waals surface area contributed by atoms with Crippen LogP contribution in [-0.4, -0.2) is 16.2 Å². The van der Waals surface area contributed by atoms with Crippen LogP contribution in [0.4, 0.5) is 0 Å². The number of aromatic amines is 1. The van der Waals surface area contributed by atoms with Gasteiger partial charge in [-0.05, 0) is 25.1 Å². The van der Waals surface area contributed by atoms with Gasteiger partial charge in [0.1, 0.15) is 0 Å². The molecule has 1 aromatic heterocycles. The molecular weight excluding hydrogens is 266 g/mol. The first-order valence-corrected chi connectivity index (χ1v) is 6.00. The number of benzene rings is 1. The molecule has 2 rings (SSSR count). The van der Waals surface area contributed by atoms with Gasteiger partial charge in [0.25, 0.3) is 0 Å². The first kappa shape index (κ1) is 11.4. The smallest absolute Gasteiger partial charge is 0.0923 e. The average molecular weight is 280 g/mol. The van der Waals surface area contributed by atoms with Gasteiger partial charge in [0.2, 0.25) is 0 Å². The monoisotopic (exact) mass is 279 g/mol. The molecular formula is C12H14BrN3. The van der Waals surface area contributed by atoms with E-state index in [9.17, 15) is 0 Å². The molecule has 2 aromatic rings. The van der Waals surface area contributed by atoms with Gasteiger partial charge in [0.05, 0.1) is 5.69 Å². The van der Waals surface area contributed by atoms with Crippen LogP contribution in [0.15, 0.2) is 34.8 Å². The number of nitrogens with zero attached hydrogens (tertiary/aromatic N) is 1. The number of nitrogens with two attached hydrogens (primary N) is 1. The van der Waals surface area contributed by atoms with Crippen LogP contribution < -0.4 is 5.73 Å². The van der Waals surface area contributed by atoms with Gasteiger partial charge in [-0.15, -0.1) is 0 Å². The summed E-state index contributed by atoms with van der Waals surface area (Å²) in [6.45, 7) is 1.99. The van der Waals surface area contributed by atoms with Crippen molar-refractivity contribution in [2.75, 3.05) is 0 Å². The van der Waals surface area contributed by atoms with Crippen LogP contribution in [0, 0.1) is 0 Å². The Balaban J connectivity index is 2.21. The van der Waals surface area contributed by atoms with Crippen LogP contribution in [0.2, 0.25) is 0 Å². The van der Waals surface area contributed by atoms with Gasteiger partial charge in [0, 0.05) is 28.2 Å². The minimum Gasteiger partial charge on any atom is -0.328 e. The second-order valence-electron chi connectivity index (χ2n) is 3.97. The van der Waals surface area contributed by atoms with Crippen molar-refractivity contribution in [1.29, 1.82) is 0 Å². The third-order valence-corrected chi connectivity index (χ3v) is 2.84. The van der Waals surface area contributed by atoms with E-state index in [1.165, 1.54) is 0 Å². The molecule has 0 spiro atoms.